The molecule has 18 nitrogen and oxygen atoms in total. The highest BCUT2D eigenvalue weighted by atomic mass is 16.5. The highest BCUT2D eigenvalue weighted by Crippen LogP contribution is 2.32. The summed E-state index contributed by atoms with van der Waals surface area (Å²) in [7, 11) is 0. The maximum Gasteiger partial charge on any atom is 0.264 e. The number of carbonyl (C=O) groups is 6. The van der Waals surface area contributed by atoms with E-state index in [1.165, 1.54) is 6.07 Å². The summed E-state index contributed by atoms with van der Waals surface area (Å²) < 4.78 is 13.0. The predicted octanol–water partition coefficient (Wildman–Crippen LogP) is 1.68. The molecule has 0 radical (unpaired) electrons. The van der Waals surface area contributed by atoms with Crippen LogP contribution in [0.2, 0.25) is 0 Å². The Morgan fingerprint density at radius 2 is 1.74 bits per heavy atom. The monoisotopic (exact) mass is 731 g/mol. The van der Waals surface area contributed by atoms with E-state index in [0.717, 1.165) is 23.3 Å². The fourth-order valence-corrected chi connectivity index (χ4v) is 5.72. The fourth-order valence-electron chi connectivity index (χ4n) is 5.72. The predicted molar refractivity (Wildman–Crippen MR) is 187 cm³/mol. The normalized spacial score (nSPS) is 15.4. The lowest BCUT2D eigenvalue weighted by atomic mass is 10.0. The molecule has 3 heterocycles. The number of amides is 6. The maximum absolute atomic E-state index is 13.3. The van der Waals surface area contributed by atoms with E-state index in [4.69, 9.17) is 14.7 Å². The fraction of sp³-hybridized carbons (Fsp3) is 0.400. The molecular weight excluding hydrogens is 690 g/mol. The van der Waals surface area contributed by atoms with E-state index < -0.39 is 35.6 Å². The van der Waals surface area contributed by atoms with Gasteiger partial charge in [-0.15, -0.1) is 5.10 Å². The van der Waals surface area contributed by atoms with Crippen LogP contribution in [-0.2, 0) is 37.0 Å². The number of rotatable bonds is 20. The van der Waals surface area contributed by atoms with Gasteiger partial charge in [-0.3, -0.25) is 44.2 Å². The minimum absolute atomic E-state index is 0.0448. The van der Waals surface area contributed by atoms with Crippen molar-refractivity contribution in [1.29, 1.82) is 0 Å². The van der Waals surface area contributed by atoms with Crippen molar-refractivity contribution in [3.63, 3.8) is 0 Å². The van der Waals surface area contributed by atoms with Crippen molar-refractivity contribution in [1.82, 2.24) is 36.1 Å². The topological polar surface area (TPSA) is 236 Å². The lowest BCUT2D eigenvalue weighted by Crippen LogP contribution is -2.54. The average Bonchev–Trinajstić information content (AvgIpc) is 3.72. The van der Waals surface area contributed by atoms with Crippen LogP contribution in [0.1, 0.15) is 83.3 Å². The number of anilines is 1. The van der Waals surface area contributed by atoms with Gasteiger partial charge in [0, 0.05) is 24.9 Å². The van der Waals surface area contributed by atoms with Gasteiger partial charge in [0.05, 0.1) is 49.8 Å². The molecular formula is C35H41N9O9. The van der Waals surface area contributed by atoms with Crippen LogP contribution < -0.4 is 26.3 Å². The van der Waals surface area contributed by atoms with Crippen molar-refractivity contribution in [2.24, 2.45) is 5.10 Å². The van der Waals surface area contributed by atoms with E-state index in [9.17, 15) is 28.8 Å². The van der Waals surface area contributed by atoms with Gasteiger partial charge in [0.1, 0.15) is 24.1 Å². The zero-order valence-corrected chi connectivity index (χ0v) is 28.9. The molecule has 5 rings (SSSR count). The Labute approximate surface area is 304 Å². The number of unbranched alkanes of at least 4 members (excludes halogenated alkanes) is 3. The number of fused-ring (bicyclic) bond motifs is 1. The summed E-state index contributed by atoms with van der Waals surface area (Å²) in [6, 6.07) is 11.0. The third-order valence-electron chi connectivity index (χ3n) is 8.44. The van der Waals surface area contributed by atoms with Crippen molar-refractivity contribution in [3.8, 4) is 5.75 Å². The number of aromatic nitrogens is 3. The van der Waals surface area contributed by atoms with Crippen molar-refractivity contribution in [2.45, 2.75) is 70.5 Å². The summed E-state index contributed by atoms with van der Waals surface area (Å²) in [4.78, 5) is 74.1. The van der Waals surface area contributed by atoms with Gasteiger partial charge >= 0.3 is 0 Å². The number of hydrazone groups is 1. The standard InChI is InChI=1S/C35H41N9O9/c45-29-15-14-28(33(48)38-29)44-34(49)26-6-5-7-27(32(26)35(44)50)36-21-24-22-43(42-39-24)16-17-52-18-19-53-25-12-10-23(11-13-25)20-37-40-30(46)8-3-1-2-4-9-31(47)41-51/h5-7,10-13,20,22,28,36,51H,1-4,8-9,14-19,21H2,(H,40,46)(H,41,47)(H,38,45,48)/b37-20+. The highest BCUT2D eigenvalue weighted by molar-refractivity contribution is 6.25. The number of nitrogens with zero attached hydrogens (tertiary/aromatic N) is 5. The van der Waals surface area contributed by atoms with Crippen molar-refractivity contribution < 1.29 is 43.4 Å². The zero-order chi connectivity index (χ0) is 37.6. The molecule has 0 spiro atoms. The van der Waals surface area contributed by atoms with E-state index in [2.05, 4.69) is 31.5 Å². The van der Waals surface area contributed by atoms with Crippen LogP contribution in [0.25, 0.3) is 0 Å². The summed E-state index contributed by atoms with van der Waals surface area (Å²) in [5, 5.41) is 26.1. The number of hydrogen-bond donors (Lipinski definition) is 5. The van der Waals surface area contributed by atoms with Gasteiger partial charge in [-0.25, -0.2) is 15.6 Å². The molecule has 0 aliphatic carbocycles. The Balaban J connectivity index is 0.953. The number of ether oxygens (including phenoxy) is 2. The third-order valence-corrected chi connectivity index (χ3v) is 8.44. The van der Waals surface area contributed by atoms with E-state index in [0.29, 0.717) is 62.8 Å². The van der Waals surface area contributed by atoms with Crippen molar-refractivity contribution in [3.05, 3.63) is 71.0 Å². The summed E-state index contributed by atoms with van der Waals surface area (Å²) in [6.45, 7) is 1.70. The molecule has 1 unspecified atom stereocenters. The van der Waals surface area contributed by atoms with E-state index in [-0.39, 0.29) is 42.8 Å². The molecule has 280 valence electrons. The Kier molecular flexibility index (Phi) is 13.7. The maximum atomic E-state index is 13.3. The van der Waals surface area contributed by atoms with Gasteiger partial charge in [-0.1, -0.05) is 24.1 Å². The van der Waals surface area contributed by atoms with Gasteiger partial charge in [0.25, 0.3) is 11.8 Å². The average molecular weight is 732 g/mol. The number of hydrogen-bond acceptors (Lipinski definition) is 13. The summed E-state index contributed by atoms with van der Waals surface area (Å²) in [5.74, 6) is -2.22. The Morgan fingerprint density at radius 1 is 0.962 bits per heavy atom. The van der Waals surface area contributed by atoms with E-state index >= 15 is 0 Å². The minimum Gasteiger partial charge on any atom is -0.491 e. The number of hydroxylamine groups is 1. The van der Waals surface area contributed by atoms with Crippen LogP contribution in [-0.4, -0.2) is 92.6 Å². The molecule has 2 aliphatic rings. The molecule has 6 amide bonds. The van der Waals surface area contributed by atoms with Crippen LogP contribution in [0.4, 0.5) is 5.69 Å². The van der Waals surface area contributed by atoms with Gasteiger partial charge in [0.2, 0.25) is 23.6 Å². The largest absolute Gasteiger partial charge is 0.491 e. The second-order valence-electron chi connectivity index (χ2n) is 12.3. The van der Waals surface area contributed by atoms with Crippen LogP contribution in [0.3, 0.4) is 0 Å². The van der Waals surface area contributed by atoms with Gasteiger partial charge in [0.15, 0.2) is 0 Å². The SMILES string of the molecule is O=C(CCCCCCC(=O)N/N=C/c1ccc(OCCOCCn2cc(CNc3cccc4c3C(=O)N(C3CCC(=O)NC3=O)C4=O)nn2)cc1)NO. The molecule has 2 aromatic carbocycles. The molecule has 5 N–H and O–H groups in total. The van der Waals surface area contributed by atoms with Crippen LogP contribution in [0.5, 0.6) is 5.75 Å². The van der Waals surface area contributed by atoms with Crippen molar-refractivity contribution >= 4 is 47.3 Å². The third kappa shape index (κ3) is 10.7. The summed E-state index contributed by atoms with van der Waals surface area (Å²) >= 11 is 0. The number of nitrogens with one attached hydrogen (secondary N) is 4. The molecule has 2 aliphatic heterocycles. The second-order valence-corrected chi connectivity index (χ2v) is 12.3. The van der Waals surface area contributed by atoms with E-state index in [1.807, 2.05) is 12.1 Å². The number of piperidine rings is 1. The molecule has 18 heteroatoms. The minimum atomic E-state index is -1.04. The first kappa shape index (κ1) is 38.2. The molecule has 53 heavy (non-hydrogen) atoms. The van der Waals surface area contributed by atoms with Crippen LogP contribution in [0, 0.1) is 0 Å². The van der Waals surface area contributed by atoms with Gasteiger partial charge < -0.3 is 14.8 Å². The number of imide groups is 2. The van der Waals surface area contributed by atoms with Gasteiger partial charge in [-0.2, -0.15) is 5.10 Å². The van der Waals surface area contributed by atoms with E-state index in [1.54, 1.807) is 46.8 Å². The molecule has 0 saturated carbocycles. The molecule has 0 bridgehead atoms. The zero-order valence-electron chi connectivity index (χ0n) is 28.9. The highest BCUT2D eigenvalue weighted by Gasteiger charge is 2.45. The number of benzene rings is 2. The molecule has 1 saturated heterocycles. The quantitative estimate of drug-likeness (QED) is 0.0367. The lowest BCUT2D eigenvalue weighted by Gasteiger charge is -2.27. The Bertz CT molecular complexity index is 1830. The Hall–Kier alpha value is -6.01. The van der Waals surface area contributed by atoms with Crippen LogP contribution in [0.15, 0.2) is 53.8 Å². The molecule has 3 aromatic rings. The number of carbonyl (C=O) groups excluding carboxylic acids is 6. The molecule has 1 fully saturated rings. The smallest absolute Gasteiger partial charge is 0.264 e. The van der Waals surface area contributed by atoms with Crippen LogP contribution >= 0.6 is 0 Å². The molecule has 1 atom stereocenters. The first-order valence-electron chi connectivity index (χ1n) is 17.3. The first-order valence-corrected chi connectivity index (χ1v) is 17.3. The molecule has 1 aromatic heterocycles. The first-order chi connectivity index (χ1) is 25.7. The summed E-state index contributed by atoms with van der Waals surface area (Å²) in [6.07, 6.45) is 6.93. The lowest BCUT2D eigenvalue weighted by molar-refractivity contribution is -0.136. The van der Waals surface area contributed by atoms with Crippen molar-refractivity contribution in [2.75, 3.05) is 25.1 Å². The Morgan fingerprint density at radius 3 is 2.49 bits per heavy atom. The second kappa shape index (κ2) is 19.0. The van der Waals surface area contributed by atoms with Gasteiger partial charge in [-0.05, 0) is 61.2 Å². The summed E-state index contributed by atoms with van der Waals surface area (Å²) in [5.41, 5.74) is 6.25.